The van der Waals surface area contributed by atoms with Crippen molar-refractivity contribution in [3.63, 3.8) is 0 Å². The van der Waals surface area contributed by atoms with Crippen LogP contribution in [0.3, 0.4) is 0 Å². The molecule has 0 saturated heterocycles. The van der Waals surface area contributed by atoms with Crippen molar-refractivity contribution in [3.8, 4) is 16.9 Å². The summed E-state index contributed by atoms with van der Waals surface area (Å²) < 4.78 is 11.2. The van der Waals surface area contributed by atoms with E-state index in [4.69, 9.17) is 19.7 Å². The first-order valence-corrected chi connectivity index (χ1v) is 10.6. The Kier molecular flexibility index (Phi) is 8.46. The number of aliphatic hydroxyl groups excluding tert-OH is 2. The number of allylic oxidation sites excluding steroid dienone is 1. The van der Waals surface area contributed by atoms with Crippen LogP contribution in [0.5, 0.6) is 5.75 Å². The van der Waals surface area contributed by atoms with Crippen LogP contribution in [0.4, 0.5) is 0 Å². The standard InChI is InChI=1S/C27H28O5/c1-20(29)8-13-27(30)32-19-23-5-2-4-22(16-23)18-31-26-7-3-6-25(17-26)24-11-9-21(10-12-24)14-15-28/h2-7,9-12,16-17,28-29H,1,8,13-15,18-19H2. The molecule has 0 atom stereocenters. The fourth-order valence-corrected chi connectivity index (χ4v) is 3.22. The van der Waals surface area contributed by atoms with Gasteiger partial charge in [-0.05, 0) is 52.4 Å². The van der Waals surface area contributed by atoms with Gasteiger partial charge in [-0.1, -0.05) is 61.2 Å². The Bertz CT molecular complexity index is 1040. The van der Waals surface area contributed by atoms with Crippen LogP contribution in [-0.4, -0.2) is 22.8 Å². The second-order valence-electron chi connectivity index (χ2n) is 7.53. The molecule has 5 heteroatoms. The molecule has 5 nitrogen and oxygen atoms in total. The molecule has 0 aliphatic rings. The molecular formula is C27H28O5. The van der Waals surface area contributed by atoms with E-state index in [1.54, 1.807) is 0 Å². The van der Waals surface area contributed by atoms with Crippen molar-refractivity contribution in [1.82, 2.24) is 0 Å². The first kappa shape index (κ1) is 23.1. The summed E-state index contributed by atoms with van der Waals surface area (Å²) in [6, 6.07) is 23.8. The average molecular weight is 433 g/mol. The number of ether oxygens (including phenoxy) is 2. The van der Waals surface area contributed by atoms with E-state index < -0.39 is 0 Å². The van der Waals surface area contributed by atoms with Gasteiger partial charge in [0.15, 0.2) is 0 Å². The molecule has 0 fully saturated rings. The first-order valence-electron chi connectivity index (χ1n) is 10.6. The lowest BCUT2D eigenvalue weighted by Gasteiger charge is -2.10. The quantitative estimate of drug-likeness (QED) is 0.315. The van der Waals surface area contributed by atoms with Crippen molar-refractivity contribution in [2.45, 2.75) is 32.5 Å². The molecule has 3 aromatic rings. The van der Waals surface area contributed by atoms with Crippen molar-refractivity contribution in [2.75, 3.05) is 6.61 Å². The molecule has 0 aromatic heterocycles. The molecule has 32 heavy (non-hydrogen) atoms. The van der Waals surface area contributed by atoms with E-state index in [2.05, 4.69) is 6.58 Å². The topological polar surface area (TPSA) is 76.0 Å². The normalized spacial score (nSPS) is 10.5. The molecule has 0 aliphatic carbocycles. The van der Waals surface area contributed by atoms with Gasteiger partial charge in [0.2, 0.25) is 0 Å². The van der Waals surface area contributed by atoms with Gasteiger partial charge in [-0.3, -0.25) is 4.79 Å². The number of aliphatic hydroxyl groups is 2. The third-order valence-electron chi connectivity index (χ3n) is 4.94. The second-order valence-corrected chi connectivity index (χ2v) is 7.53. The van der Waals surface area contributed by atoms with E-state index in [0.717, 1.165) is 33.6 Å². The number of hydrogen-bond donors (Lipinski definition) is 2. The van der Waals surface area contributed by atoms with Crippen LogP contribution in [0.15, 0.2) is 85.1 Å². The van der Waals surface area contributed by atoms with Crippen LogP contribution in [0.2, 0.25) is 0 Å². The highest BCUT2D eigenvalue weighted by molar-refractivity contribution is 5.69. The van der Waals surface area contributed by atoms with Crippen LogP contribution in [0.25, 0.3) is 11.1 Å². The Morgan fingerprint density at radius 2 is 1.53 bits per heavy atom. The zero-order valence-corrected chi connectivity index (χ0v) is 18.0. The fourth-order valence-electron chi connectivity index (χ4n) is 3.22. The lowest BCUT2D eigenvalue weighted by molar-refractivity contribution is -0.145. The summed E-state index contributed by atoms with van der Waals surface area (Å²) in [5, 5.41) is 18.1. The molecule has 0 bridgehead atoms. The number of esters is 1. The average Bonchev–Trinajstić information content (AvgIpc) is 2.81. The number of benzene rings is 3. The molecular weight excluding hydrogens is 404 g/mol. The highest BCUT2D eigenvalue weighted by atomic mass is 16.5. The summed E-state index contributed by atoms with van der Waals surface area (Å²) in [5.41, 5.74) is 5.10. The molecule has 2 N–H and O–H groups in total. The Labute approximate surface area is 188 Å². The Balaban J connectivity index is 1.56. The van der Waals surface area contributed by atoms with Gasteiger partial charge < -0.3 is 19.7 Å². The van der Waals surface area contributed by atoms with Crippen molar-refractivity contribution < 1.29 is 24.5 Å². The molecule has 3 aromatic carbocycles. The Morgan fingerprint density at radius 1 is 0.812 bits per heavy atom. The minimum Gasteiger partial charge on any atom is -0.513 e. The minimum atomic E-state index is -0.372. The number of carbonyl (C=O) groups excluding carboxylic acids is 1. The van der Waals surface area contributed by atoms with Crippen LogP contribution >= 0.6 is 0 Å². The van der Waals surface area contributed by atoms with E-state index in [0.29, 0.717) is 13.0 Å². The van der Waals surface area contributed by atoms with Gasteiger partial charge in [0.05, 0.1) is 12.2 Å². The van der Waals surface area contributed by atoms with Gasteiger partial charge in [0, 0.05) is 13.0 Å². The highest BCUT2D eigenvalue weighted by Gasteiger charge is 2.06. The molecule has 0 saturated carbocycles. The number of carbonyl (C=O) groups is 1. The van der Waals surface area contributed by atoms with Gasteiger partial charge in [0.25, 0.3) is 0 Å². The molecule has 0 aliphatic heterocycles. The zero-order valence-electron chi connectivity index (χ0n) is 18.0. The highest BCUT2D eigenvalue weighted by Crippen LogP contribution is 2.25. The summed E-state index contributed by atoms with van der Waals surface area (Å²) in [6.45, 7) is 4.07. The maximum atomic E-state index is 11.7. The third kappa shape index (κ3) is 7.29. The SMILES string of the molecule is C=C(O)CCC(=O)OCc1cccc(COc2cccc(-c3ccc(CCO)cc3)c2)c1. The van der Waals surface area contributed by atoms with Gasteiger partial charge in [-0.15, -0.1) is 0 Å². The van der Waals surface area contributed by atoms with E-state index in [9.17, 15) is 4.79 Å². The summed E-state index contributed by atoms with van der Waals surface area (Å²) in [6.07, 6.45) is 0.970. The molecule has 0 radical (unpaired) electrons. The van der Waals surface area contributed by atoms with E-state index >= 15 is 0 Å². The smallest absolute Gasteiger partial charge is 0.306 e. The van der Waals surface area contributed by atoms with Crippen molar-refractivity contribution >= 4 is 5.97 Å². The summed E-state index contributed by atoms with van der Waals surface area (Å²) in [5.74, 6) is 0.370. The van der Waals surface area contributed by atoms with Gasteiger partial charge >= 0.3 is 5.97 Å². The van der Waals surface area contributed by atoms with E-state index in [1.165, 1.54) is 0 Å². The van der Waals surface area contributed by atoms with E-state index in [1.807, 2.05) is 72.8 Å². The molecule has 0 unspecified atom stereocenters. The molecule has 0 amide bonds. The summed E-state index contributed by atoms with van der Waals surface area (Å²) in [4.78, 5) is 11.7. The van der Waals surface area contributed by atoms with Gasteiger partial charge in [-0.25, -0.2) is 0 Å². The molecule has 0 spiro atoms. The Hall–Kier alpha value is -3.57. The minimum absolute atomic E-state index is 0.0242. The van der Waals surface area contributed by atoms with Crippen molar-refractivity contribution in [2.24, 2.45) is 0 Å². The fraction of sp³-hybridized carbons (Fsp3) is 0.222. The summed E-state index contributed by atoms with van der Waals surface area (Å²) in [7, 11) is 0. The lowest BCUT2D eigenvalue weighted by Crippen LogP contribution is -2.05. The first-order chi connectivity index (χ1) is 15.5. The number of hydrogen-bond acceptors (Lipinski definition) is 5. The Morgan fingerprint density at radius 3 is 2.25 bits per heavy atom. The second kappa shape index (κ2) is 11.7. The molecule has 3 rings (SSSR count). The van der Waals surface area contributed by atoms with Crippen LogP contribution in [0, 0.1) is 0 Å². The van der Waals surface area contributed by atoms with Crippen molar-refractivity contribution in [3.05, 3.63) is 102 Å². The monoisotopic (exact) mass is 432 g/mol. The maximum absolute atomic E-state index is 11.7. The summed E-state index contributed by atoms with van der Waals surface area (Å²) >= 11 is 0. The predicted molar refractivity (Wildman–Crippen MR) is 124 cm³/mol. The lowest BCUT2D eigenvalue weighted by atomic mass is 10.0. The van der Waals surface area contributed by atoms with E-state index in [-0.39, 0.29) is 37.8 Å². The van der Waals surface area contributed by atoms with Crippen molar-refractivity contribution in [1.29, 1.82) is 0 Å². The van der Waals surface area contributed by atoms with Gasteiger partial charge in [0.1, 0.15) is 19.0 Å². The molecule has 0 heterocycles. The van der Waals surface area contributed by atoms with Crippen LogP contribution in [0.1, 0.15) is 29.5 Å². The van der Waals surface area contributed by atoms with Gasteiger partial charge in [-0.2, -0.15) is 0 Å². The maximum Gasteiger partial charge on any atom is 0.306 e. The molecule has 166 valence electrons. The van der Waals surface area contributed by atoms with Crippen LogP contribution in [-0.2, 0) is 29.2 Å². The number of rotatable bonds is 11. The zero-order chi connectivity index (χ0) is 22.8. The predicted octanol–water partition coefficient (Wildman–Crippen LogP) is 5.36. The third-order valence-corrected chi connectivity index (χ3v) is 4.94. The van der Waals surface area contributed by atoms with Crippen LogP contribution < -0.4 is 4.74 Å². The largest absolute Gasteiger partial charge is 0.513 e.